The van der Waals surface area contributed by atoms with Crippen LogP contribution in [0.5, 0.6) is 0 Å². The zero-order valence-corrected chi connectivity index (χ0v) is 13.8. The topological polar surface area (TPSA) is 53.0 Å². The molecule has 2 aliphatic rings. The predicted molar refractivity (Wildman–Crippen MR) is 90.4 cm³/mol. The van der Waals surface area contributed by atoms with E-state index in [0.717, 1.165) is 30.6 Å². The minimum Gasteiger partial charge on any atom is -0.335 e. The van der Waals surface area contributed by atoms with Crippen molar-refractivity contribution in [3.05, 3.63) is 29.8 Å². The average molecular weight is 313 g/mol. The SMILES string of the molecule is Cc1ccc(N2N=C(C(=O)N3CCCC[C@H]3C)CCC2=O)cc1. The van der Waals surface area contributed by atoms with Crippen molar-refractivity contribution < 1.29 is 9.59 Å². The Morgan fingerprint density at radius 3 is 2.61 bits per heavy atom. The highest BCUT2D eigenvalue weighted by molar-refractivity contribution is 6.40. The number of anilines is 1. The molecule has 122 valence electrons. The van der Waals surface area contributed by atoms with Gasteiger partial charge >= 0.3 is 0 Å². The maximum absolute atomic E-state index is 12.8. The Bertz CT molecular complexity index is 636. The highest BCUT2D eigenvalue weighted by Crippen LogP contribution is 2.23. The highest BCUT2D eigenvalue weighted by Gasteiger charge is 2.31. The quantitative estimate of drug-likeness (QED) is 0.843. The Balaban J connectivity index is 1.84. The van der Waals surface area contributed by atoms with Crippen molar-refractivity contribution in [1.82, 2.24) is 4.90 Å². The van der Waals surface area contributed by atoms with Crippen LogP contribution in [0.1, 0.15) is 44.6 Å². The van der Waals surface area contributed by atoms with Gasteiger partial charge in [0.05, 0.1) is 5.69 Å². The first kappa shape index (κ1) is 15.7. The molecule has 2 heterocycles. The number of piperidine rings is 1. The molecule has 3 rings (SSSR count). The van der Waals surface area contributed by atoms with Crippen molar-refractivity contribution in [1.29, 1.82) is 0 Å². The van der Waals surface area contributed by atoms with Crippen molar-refractivity contribution in [3.8, 4) is 0 Å². The molecular formula is C18H23N3O2. The van der Waals surface area contributed by atoms with Gasteiger partial charge in [-0.2, -0.15) is 5.10 Å². The van der Waals surface area contributed by atoms with Crippen LogP contribution in [0.4, 0.5) is 5.69 Å². The zero-order chi connectivity index (χ0) is 16.4. The van der Waals surface area contributed by atoms with Crippen LogP contribution in [0, 0.1) is 6.92 Å². The molecule has 0 bridgehead atoms. The fourth-order valence-corrected chi connectivity index (χ4v) is 3.16. The Morgan fingerprint density at radius 2 is 1.91 bits per heavy atom. The molecule has 1 aromatic carbocycles. The molecule has 0 unspecified atom stereocenters. The summed E-state index contributed by atoms with van der Waals surface area (Å²) in [6.45, 7) is 4.87. The van der Waals surface area contributed by atoms with E-state index in [0.29, 0.717) is 18.6 Å². The number of aryl methyl sites for hydroxylation is 1. The number of likely N-dealkylation sites (tertiary alicyclic amines) is 1. The molecule has 5 nitrogen and oxygen atoms in total. The van der Waals surface area contributed by atoms with Crippen LogP contribution >= 0.6 is 0 Å². The molecule has 0 aliphatic carbocycles. The van der Waals surface area contributed by atoms with E-state index in [1.54, 1.807) is 0 Å². The van der Waals surface area contributed by atoms with E-state index < -0.39 is 0 Å². The lowest BCUT2D eigenvalue weighted by Crippen LogP contribution is -2.47. The first-order valence-electron chi connectivity index (χ1n) is 8.34. The Hall–Kier alpha value is -2.17. The Morgan fingerprint density at radius 1 is 1.17 bits per heavy atom. The molecule has 0 saturated carbocycles. The van der Waals surface area contributed by atoms with Crippen LogP contribution in [-0.2, 0) is 9.59 Å². The number of hydrogen-bond donors (Lipinski definition) is 0. The summed E-state index contributed by atoms with van der Waals surface area (Å²) in [5.41, 5.74) is 2.34. The second-order valence-electron chi connectivity index (χ2n) is 6.43. The highest BCUT2D eigenvalue weighted by atomic mass is 16.2. The zero-order valence-electron chi connectivity index (χ0n) is 13.8. The molecule has 1 fully saturated rings. The lowest BCUT2D eigenvalue weighted by Gasteiger charge is -2.34. The summed E-state index contributed by atoms with van der Waals surface area (Å²) in [5, 5.41) is 5.76. The Labute approximate surface area is 137 Å². The molecule has 0 N–H and O–H groups in total. The number of amides is 2. The van der Waals surface area contributed by atoms with Gasteiger partial charge in [0.15, 0.2) is 0 Å². The van der Waals surface area contributed by atoms with Crippen LogP contribution in [0.3, 0.4) is 0 Å². The smallest absolute Gasteiger partial charge is 0.270 e. The molecule has 1 saturated heterocycles. The van der Waals surface area contributed by atoms with Gasteiger partial charge in [-0.3, -0.25) is 9.59 Å². The molecule has 23 heavy (non-hydrogen) atoms. The standard InChI is InChI=1S/C18H23N3O2/c1-13-6-8-15(9-7-13)21-17(22)11-10-16(19-21)18(23)20-12-4-3-5-14(20)2/h6-9,14H,3-5,10-12H2,1-2H3/t14-/m1/s1. The number of rotatable bonds is 2. The van der Waals surface area contributed by atoms with E-state index in [1.807, 2.05) is 36.1 Å². The van der Waals surface area contributed by atoms with Gasteiger partial charge in [-0.05, 0) is 45.2 Å². The average Bonchev–Trinajstić information content (AvgIpc) is 2.56. The second-order valence-corrected chi connectivity index (χ2v) is 6.43. The van der Waals surface area contributed by atoms with E-state index in [2.05, 4.69) is 12.0 Å². The van der Waals surface area contributed by atoms with Crippen LogP contribution < -0.4 is 5.01 Å². The van der Waals surface area contributed by atoms with Crippen LogP contribution in [0.25, 0.3) is 0 Å². The third-order valence-electron chi connectivity index (χ3n) is 4.62. The van der Waals surface area contributed by atoms with Gasteiger partial charge in [0.2, 0.25) is 5.91 Å². The number of carbonyl (C=O) groups excluding carboxylic acids is 2. The third kappa shape index (κ3) is 3.28. The van der Waals surface area contributed by atoms with E-state index in [9.17, 15) is 9.59 Å². The summed E-state index contributed by atoms with van der Waals surface area (Å²) in [6, 6.07) is 7.88. The molecule has 0 spiro atoms. The number of benzene rings is 1. The van der Waals surface area contributed by atoms with Crippen LogP contribution in [-0.4, -0.2) is 35.0 Å². The molecular weight excluding hydrogens is 290 g/mol. The molecule has 0 radical (unpaired) electrons. The van der Waals surface area contributed by atoms with Crippen LogP contribution in [0.2, 0.25) is 0 Å². The van der Waals surface area contributed by atoms with Gasteiger partial charge in [0, 0.05) is 25.4 Å². The number of hydrazone groups is 1. The van der Waals surface area contributed by atoms with Gasteiger partial charge in [-0.25, -0.2) is 5.01 Å². The summed E-state index contributed by atoms with van der Waals surface area (Å²) < 4.78 is 0. The van der Waals surface area contributed by atoms with Gasteiger partial charge in [0.1, 0.15) is 5.71 Å². The molecule has 5 heteroatoms. The normalized spacial score (nSPS) is 22.1. The van der Waals surface area contributed by atoms with E-state index in [4.69, 9.17) is 0 Å². The molecule has 2 aliphatic heterocycles. The summed E-state index contributed by atoms with van der Waals surface area (Å²) >= 11 is 0. The van der Waals surface area contributed by atoms with E-state index >= 15 is 0 Å². The Kier molecular flexibility index (Phi) is 4.46. The lowest BCUT2D eigenvalue weighted by atomic mass is 10.0. The first-order valence-corrected chi connectivity index (χ1v) is 8.34. The van der Waals surface area contributed by atoms with Gasteiger partial charge in [0.25, 0.3) is 5.91 Å². The molecule has 2 amide bonds. The van der Waals surface area contributed by atoms with Crippen molar-refractivity contribution in [3.63, 3.8) is 0 Å². The fraction of sp³-hybridized carbons (Fsp3) is 0.500. The van der Waals surface area contributed by atoms with Crippen molar-refractivity contribution in [2.24, 2.45) is 5.10 Å². The number of carbonyl (C=O) groups is 2. The van der Waals surface area contributed by atoms with E-state index in [1.165, 1.54) is 11.4 Å². The molecule has 0 aromatic heterocycles. The second kappa shape index (κ2) is 6.52. The van der Waals surface area contributed by atoms with Gasteiger partial charge in [-0.1, -0.05) is 17.7 Å². The monoisotopic (exact) mass is 313 g/mol. The van der Waals surface area contributed by atoms with Crippen molar-refractivity contribution in [2.45, 2.75) is 52.0 Å². The first-order chi connectivity index (χ1) is 11.1. The number of nitrogens with zero attached hydrogens (tertiary/aromatic N) is 3. The number of hydrogen-bond acceptors (Lipinski definition) is 3. The summed E-state index contributed by atoms with van der Waals surface area (Å²) in [6.07, 6.45) is 4.03. The summed E-state index contributed by atoms with van der Waals surface area (Å²) in [4.78, 5) is 26.8. The summed E-state index contributed by atoms with van der Waals surface area (Å²) in [7, 11) is 0. The molecule has 1 atom stereocenters. The maximum Gasteiger partial charge on any atom is 0.270 e. The fourth-order valence-electron chi connectivity index (χ4n) is 3.16. The maximum atomic E-state index is 12.8. The summed E-state index contributed by atoms with van der Waals surface area (Å²) in [5.74, 6) is -0.0705. The van der Waals surface area contributed by atoms with Crippen LogP contribution in [0.15, 0.2) is 29.4 Å². The van der Waals surface area contributed by atoms with Gasteiger partial charge in [-0.15, -0.1) is 0 Å². The minimum absolute atomic E-state index is 0.0122. The van der Waals surface area contributed by atoms with Crippen molar-refractivity contribution in [2.75, 3.05) is 11.6 Å². The molecule has 1 aromatic rings. The van der Waals surface area contributed by atoms with E-state index in [-0.39, 0.29) is 17.9 Å². The van der Waals surface area contributed by atoms with Crippen molar-refractivity contribution >= 4 is 23.2 Å². The largest absolute Gasteiger partial charge is 0.335 e. The predicted octanol–water partition coefficient (Wildman–Crippen LogP) is 2.88. The minimum atomic E-state index is -0.0582. The third-order valence-corrected chi connectivity index (χ3v) is 4.62. The lowest BCUT2D eigenvalue weighted by molar-refractivity contribution is -0.127. The van der Waals surface area contributed by atoms with Gasteiger partial charge < -0.3 is 4.90 Å².